The summed E-state index contributed by atoms with van der Waals surface area (Å²) in [4.78, 5) is 17.9. The molecular weight excluding hydrogens is 479 g/mol. The van der Waals surface area contributed by atoms with E-state index in [0.29, 0.717) is 12.6 Å². The summed E-state index contributed by atoms with van der Waals surface area (Å²) in [6, 6.07) is 14.8. The molecule has 0 saturated heterocycles. The van der Waals surface area contributed by atoms with E-state index in [1.807, 2.05) is 19.1 Å². The van der Waals surface area contributed by atoms with E-state index in [1.54, 1.807) is 19.0 Å². The molecule has 0 aromatic heterocycles. The summed E-state index contributed by atoms with van der Waals surface area (Å²) in [6.45, 7) is 6.34. The van der Waals surface area contributed by atoms with Crippen LogP contribution in [0.15, 0.2) is 47.5 Å². The quantitative estimate of drug-likeness (QED) is 0.234. The molecule has 7 heteroatoms. The summed E-state index contributed by atoms with van der Waals surface area (Å²) < 4.78 is 5.38. The monoisotopic (exact) mass is 512 g/mol. The predicted octanol–water partition coefficient (Wildman–Crippen LogP) is 3.57. The Kier molecular flexibility index (Phi) is 11.6. The third-order valence-corrected chi connectivity index (χ3v) is 4.46. The number of fused-ring (bicyclic) bond motifs is 1. The van der Waals surface area contributed by atoms with Gasteiger partial charge < -0.3 is 20.3 Å². The Balaban J connectivity index is 0.00000420. The highest BCUT2D eigenvalue weighted by Crippen LogP contribution is 2.20. The predicted molar refractivity (Wildman–Crippen MR) is 131 cm³/mol. The van der Waals surface area contributed by atoms with Crippen molar-refractivity contribution in [3.8, 4) is 0 Å². The van der Waals surface area contributed by atoms with Crippen LogP contribution in [-0.2, 0) is 9.53 Å². The van der Waals surface area contributed by atoms with Gasteiger partial charge in [0.25, 0.3) is 0 Å². The number of benzene rings is 2. The Morgan fingerprint density at radius 2 is 1.90 bits per heavy atom. The molecule has 0 fully saturated rings. The van der Waals surface area contributed by atoms with Crippen molar-refractivity contribution >= 4 is 46.6 Å². The van der Waals surface area contributed by atoms with Crippen molar-refractivity contribution in [3.63, 3.8) is 0 Å². The first kappa shape index (κ1) is 25.2. The van der Waals surface area contributed by atoms with Crippen LogP contribution in [0.3, 0.4) is 0 Å². The summed E-state index contributed by atoms with van der Waals surface area (Å²) in [6.07, 6.45) is 0.876. The number of rotatable bonds is 9. The standard InChI is InChI=1S/C22H32N4O2.HI/c1-5-28-14-8-13-23-22(24-16-21(27)26(3)4)25-17(2)19-12-11-18-9-6-7-10-20(18)15-19;/h6-7,9-12,15,17H,5,8,13-14,16H2,1-4H3,(H2,23,24,25);1H. The van der Waals surface area contributed by atoms with E-state index in [1.165, 1.54) is 16.3 Å². The van der Waals surface area contributed by atoms with E-state index in [9.17, 15) is 4.79 Å². The maximum absolute atomic E-state index is 11.9. The van der Waals surface area contributed by atoms with Gasteiger partial charge in [0.15, 0.2) is 5.96 Å². The summed E-state index contributed by atoms with van der Waals surface area (Å²) in [5, 5.41) is 9.14. The Bertz CT molecular complexity index is 795. The molecule has 0 radical (unpaired) electrons. The highest BCUT2D eigenvalue weighted by Gasteiger charge is 2.10. The van der Waals surface area contributed by atoms with Crippen LogP contribution in [0.5, 0.6) is 0 Å². The fourth-order valence-electron chi connectivity index (χ4n) is 2.73. The van der Waals surface area contributed by atoms with Crippen LogP contribution in [0.25, 0.3) is 10.8 Å². The molecule has 0 heterocycles. The number of aliphatic imine (C=N–C) groups is 1. The second-order valence-corrected chi connectivity index (χ2v) is 6.90. The zero-order valence-electron chi connectivity index (χ0n) is 17.8. The fraction of sp³-hybridized carbons (Fsp3) is 0.455. The van der Waals surface area contributed by atoms with E-state index in [2.05, 4.69) is 52.9 Å². The first-order valence-electron chi connectivity index (χ1n) is 9.82. The van der Waals surface area contributed by atoms with E-state index in [4.69, 9.17) is 4.74 Å². The minimum absolute atomic E-state index is 0. The molecule has 0 aliphatic rings. The first-order valence-corrected chi connectivity index (χ1v) is 9.82. The summed E-state index contributed by atoms with van der Waals surface area (Å²) >= 11 is 0. The molecule has 160 valence electrons. The van der Waals surface area contributed by atoms with Crippen molar-refractivity contribution in [2.45, 2.75) is 26.3 Å². The average Bonchev–Trinajstić information content (AvgIpc) is 2.70. The lowest BCUT2D eigenvalue weighted by atomic mass is 10.0. The van der Waals surface area contributed by atoms with Crippen molar-refractivity contribution in [2.75, 3.05) is 40.4 Å². The summed E-state index contributed by atoms with van der Waals surface area (Å²) in [7, 11) is 3.47. The molecule has 0 aliphatic heterocycles. The molecule has 29 heavy (non-hydrogen) atoms. The highest BCUT2D eigenvalue weighted by atomic mass is 127. The van der Waals surface area contributed by atoms with Gasteiger partial charge in [-0.3, -0.25) is 4.79 Å². The number of likely N-dealkylation sites (N-methyl/N-ethyl adjacent to an activating group) is 1. The van der Waals surface area contributed by atoms with E-state index >= 15 is 0 Å². The van der Waals surface area contributed by atoms with Gasteiger partial charge in [0, 0.05) is 33.9 Å². The molecule has 1 unspecified atom stereocenters. The van der Waals surface area contributed by atoms with Crippen molar-refractivity contribution in [1.29, 1.82) is 0 Å². The van der Waals surface area contributed by atoms with Crippen LogP contribution < -0.4 is 10.6 Å². The van der Waals surface area contributed by atoms with Gasteiger partial charge in [-0.05, 0) is 42.7 Å². The zero-order chi connectivity index (χ0) is 20.4. The molecule has 0 spiro atoms. The minimum atomic E-state index is -0.0335. The SMILES string of the molecule is CCOCCCNC(=NCC(=O)N(C)C)NC(C)c1ccc2ccccc2c1.I. The van der Waals surface area contributed by atoms with Crippen molar-refractivity contribution in [2.24, 2.45) is 4.99 Å². The molecule has 0 saturated carbocycles. The molecular formula is C22H33IN4O2. The highest BCUT2D eigenvalue weighted by molar-refractivity contribution is 14.0. The van der Waals surface area contributed by atoms with Gasteiger partial charge in [0.2, 0.25) is 5.91 Å². The van der Waals surface area contributed by atoms with Crippen LogP contribution in [0, 0.1) is 0 Å². The summed E-state index contributed by atoms with van der Waals surface area (Å²) in [5.41, 5.74) is 1.17. The molecule has 2 N–H and O–H groups in total. The molecule has 2 rings (SSSR count). The number of halogens is 1. The first-order chi connectivity index (χ1) is 13.5. The lowest BCUT2D eigenvalue weighted by Gasteiger charge is -2.19. The van der Waals surface area contributed by atoms with Gasteiger partial charge in [-0.15, -0.1) is 24.0 Å². The summed E-state index contributed by atoms with van der Waals surface area (Å²) in [5.74, 6) is 0.598. The number of amides is 1. The zero-order valence-corrected chi connectivity index (χ0v) is 20.1. The molecule has 1 amide bonds. The van der Waals surface area contributed by atoms with Gasteiger partial charge in [0.1, 0.15) is 6.54 Å². The lowest BCUT2D eigenvalue weighted by molar-refractivity contribution is -0.127. The van der Waals surface area contributed by atoms with Crippen molar-refractivity contribution < 1.29 is 9.53 Å². The number of carbonyl (C=O) groups excluding carboxylic acids is 1. The normalized spacial score (nSPS) is 12.2. The third-order valence-electron chi connectivity index (χ3n) is 4.46. The van der Waals surface area contributed by atoms with Crippen LogP contribution in [0.4, 0.5) is 0 Å². The minimum Gasteiger partial charge on any atom is -0.382 e. The van der Waals surface area contributed by atoms with Crippen LogP contribution in [0.2, 0.25) is 0 Å². The number of guanidine groups is 1. The van der Waals surface area contributed by atoms with Gasteiger partial charge in [-0.1, -0.05) is 36.4 Å². The maximum Gasteiger partial charge on any atom is 0.243 e. The maximum atomic E-state index is 11.9. The number of ether oxygens (including phenoxy) is 1. The van der Waals surface area contributed by atoms with Gasteiger partial charge in [-0.2, -0.15) is 0 Å². The van der Waals surface area contributed by atoms with Crippen LogP contribution in [-0.4, -0.2) is 57.2 Å². The van der Waals surface area contributed by atoms with Crippen LogP contribution >= 0.6 is 24.0 Å². The van der Waals surface area contributed by atoms with Gasteiger partial charge in [0.05, 0.1) is 6.04 Å². The van der Waals surface area contributed by atoms with Crippen LogP contribution in [0.1, 0.15) is 31.9 Å². The van der Waals surface area contributed by atoms with E-state index in [0.717, 1.165) is 19.6 Å². The topological polar surface area (TPSA) is 66.0 Å². The number of hydrogen-bond donors (Lipinski definition) is 2. The van der Waals surface area contributed by atoms with E-state index < -0.39 is 0 Å². The van der Waals surface area contributed by atoms with Crippen molar-refractivity contribution in [3.05, 3.63) is 48.0 Å². The Morgan fingerprint density at radius 1 is 1.17 bits per heavy atom. The lowest BCUT2D eigenvalue weighted by Crippen LogP contribution is -2.40. The molecule has 6 nitrogen and oxygen atoms in total. The number of carbonyl (C=O) groups is 1. The van der Waals surface area contributed by atoms with Gasteiger partial charge in [-0.25, -0.2) is 4.99 Å². The second kappa shape index (κ2) is 13.4. The van der Waals surface area contributed by atoms with Gasteiger partial charge >= 0.3 is 0 Å². The molecule has 2 aromatic rings. The average molecular weight is 512 g/mol. The number of nitrogens with zero attached hydrogens (tertiary/aromatic N) is 2. The Labute approximate surface area is 191 Å². The molecule has 0 aliphatic carbocycles. The number of nitrogens with one attached hydrogen (secondary N) is 2. The fourth-order valence-corrected chi connectivity index (χ4v) is 2.73. The smallest absolute Gasteiger partial charge is 0.243 e. The largest absolute Gasteiger partial charge is 0.382 e. The van der Waals surface area contributed by atoms with Crippen molar-refractivity contribution in [1.82, 2.24) is 15.5 Å². The molecule has 1 atom stereocenters. The molecule has 0 bridgehead atoms. The second-order valence-electron chi connectivity index (χ2n) is 6.90. The Hall–Kier alpha value is -1.87. The van der Waals surface area contributed by atoms with E-state index in [-0.39, 0.29) is 42.5 Å². The number of hydrogen-bond acceptors (Lipinski definition) is 3. The Morgan fingerprint density at radius 3 is 2.59 bits per heavy atom. The molecule has 2 aromatic carbocycles. The third kappa shape index (κ3) is 8.57.